The summed E-state index contributed by atoms with van der Waals surface area (Å²) in [4.78, 5) is 12.6. The summed E-state index contributed by atoms with van der Waals surface area (Å²) < 4.78 is 43.3. The summed E-state index contributed by atoms with van der Waals surface area (Å²) in [5.41, 5.74) is 14.3. The van der Waals surface area contributed by atoms with Crippen LogP contribution in [0.4, 0.5) is 11.6 Å². The molecule has 2 aliphatic rings. The molecule has 476 valence electrons. The Labute approximate surface area is 525 Å². The highest BCUT2D eigenvalue weighted by atomic mass is 28.3. The van der Waals surface area contributed by atoms with Crippen LogP contribution in [0.25, 0.3) is 44.9 Å². The van der Waals surface area contributed by atoms with Crippen molar-refractivity contribution >= 4 is 39.1 Å². The third-order valence-electron chi connectivity index (χ3n) is 16.9. The van der Waals surface area contributed by atoms with Crippen LogP contribution in [0.5, 0.6) is 0 Å². The van der Waals surface area contributed by atoms with E-state index < -0.39 is 27.3 Å². The molecule has 26 nitrogen and oxygen atoms in total. The number of ether oxygens (including phenoxy) is 6. The van der Waals surface area contributed by atoms with E-state index in [1.165, 1.54) is 0 Å². The molecule has 90 heavy (non-hydrogen) atoms. The molecule has 0 spiro atoms. The first-order chi connectivity index (χ1) is 43.6. The number of rotatable bonds is 27. The number of nitrogen functional groups attached to an aromatic ring is 1. The topological polar surface area (TPSA) is 290 Å². The molecule has 0 atom stereocenters. The van der Waals surface area contributed by atoms with Gasteiger partial charge in [-0.25, -0.2) is 19.3 Å². The van der Waals surface area contributed by atoms with Gasteiger partial charge in [0, 0.05) is 114 Å². The van der Waals surface area contributed by atoms with E-state index in [1.54, 1.807) is 24.9 Å². The van der Waals surface area contributed by atoms with Crippen molar-refractivity contribution in [3.8, 4) is 33.6 Å². The van der Waals surface area contributed by atoms with E-state index in [9.17, 15) is 0 Å². The Bertz CT molecular complexity index is 3810. The van der Waals surface area contributed by atoms with E-state index in [-0.39, 0.29) is 11.8 Å². The van der Waals surface area contributed by atoms with Gasteiger partial charge in [-0.1, -0.05) is 86.1 Å². The minimum Gasteiger partial charge on any atom is -0.384 e. The number of nitrogens with one attached hydrogen (secondary N) is 2. The average molecular weight is 1260 g/mol. The zero-order valence-corrected chi connectivity index (χ0v) is 54.9. The van der Waals surface area contributed by atoms with Crippen LogP contribution in [-0.4, -0.2) is 173 Å². The number of nitrogens with two attached hydrogens (primary N) is 1. The van der Waals surface area contributed by atoms with Crippen molar-refractivity contribution < 1.29 is 28.4 Å². The number of hydrogen-bond donors (Lipinski definition) is 3. The maximum Gasteiger partial charge on any atom is 0.206 e. The van der Waals surface area contributed by atoms with Gasteiger partial charge in [-0.3, -0.25) is 0 Å². The van der Waals surface area contributed by atoms with Crippen LogP contribution in [0.15, 0.2) is 110 Å². The standard InChI is InChI=1S/C37H56N10O4Si2.C25H28N10O2/c1-48-17-18-51-37(36-41-43-44-42-36)15-13-29(14-16-37)33-23-34(45(27-49-19-21-52(2,3)4)28-50-20-22-53(5,6)7)47-35(40-33)32(25-39-47)30-24-38-46(26-30)31-11-9-8-10-12-31;1-36-11-12-37-25(24-30-32-33-31-24)9-7-17(8-10-25)21-13-22(26)35-23(29-21)20(15-28-35)18-14-27-34(16-18)19-5-3-2-4-6-19/h8-12,23-26,29H,13-22,27-28H2,1-7H3,(H,41,42,43,44);2-6,13-17H,7-12,26H2,1H3,(H,30,31,32,33). The molecule has 4 N–H and O–H groups in total. The fraction of sp³-hybridized carbons (Fsp3) is 0.484. The zero-order valence-electron chi connectivity index (χ0n) is 52.9. The summed E-state index contributed by atoms with van der Waals surface area (Å²) in [6, 6.07) is 26.4. The fourth-order valence-corrected chi connectivity index (χ4v) is 13.2. The molecule has 2 aromatic carbocycles. The van der Waals surface area contributed by atoms with Crippen LogP contribution in [0.2, 0.25) is 51.4 Å². The summed E-state index contributed by atoms with van der Waals surface area (Å²) in [6.07, 6.45) is 17.7. The summed E-state index contributed by atoms with van der Waals surface area (Å²) in [6.45, 7) is 18.3. The average Bonchev–Trinajstić information content (AvgIpc) is 1.72. The van der Waals surface area contributed by atoms with Gasteiger partial charge in [0.05, 0.1) is 62.6 Å². The second-order valence-electron chi connectivity index (χ2n) is 25.7. The third kappa shape index (κ3) is 15.1. The lowest BCUT2D eigenvalue weighted by Crippen LogP contribution is -2.37. The summed E-state index contributed by atoms with van der Waals surface area (Å²) >= 11 is 0. The van der Waals surface area contributed by atoms with Crippen LogP contribution >= 0.6 is 0 Å². The zero-order chi connectivity index (χ0) is 62.7. The number of H-pyrrole nitrogens is 2. The SMILES string of the molecule is COCCOC1(c2nn[nH]n2)CCC(c2cc(N(COCC[Si](C)(C)C)COCC[Si](C)(C)C)n3ncc(-c4cnn(-c5ccccc5)c4)c3n2)CC1.COCCOC1(c2nn[nH]n2)CCC(c2cc(N)n3ncc(-c4cnn(-c5ccccc5)c4)c3n2)CC1. The number of aromatic amines is 2. The lowest BCUT2D eigenvalue weighted by atomic mass is 9.76. The summed E-state index contributed by atoms with van der Waals surface area (Å²) in [7, 11) is 0.788. The van der Waals surface area contributed by atoms with Crippen molar-refractivity contribution in [1.82, 2.24) is 90.0 Å². The van der Waals surface area contributed by atoms with Crippen LogP contribution in [0.1, 0.15) is 86.2 Å². The Morgan fingerprint density at radius 3 is 1.43 bits per heavy atom. The number of tetrazole rings is 2. The lowest BCUT2D eigenvalue weighted by molar-refractivity contribution is -0.0979. The van der Waals surface area contributed by atoms with Crippen molar-refractivity contribution in [2.45, 2.75) is 126 Å². The van der Waals surface area contributed by atoms with E-state index in [2.05, 4.69) is 102 Å². The molecule has 12 rings (SSSR count). The van der Waals surface area contributed by atoms with Gasteiger partial charge in [-0.2, -0.15) is 39.9 Å². The molecule has 8 heterocycles. The first kappa shape index (κ1) is 63.6. The van der Waals surface area contributed by atoms with Crippen molar-refractivity contribution in [2.75, 3.05) is 78.0 Å². The largest absolute Gasteiger partial charge is 0.384 e. The highest BCUT2D eigenvalue weighted by molar-refractivity contribution is 6.76. The Kier molecular flexibility index (Phi) is 20.1. The van der Waals surface area contributed by atoms with Crippen molar-refractivity contribution in [2.24, 2.45) is 0 Å². The van der Waals surface area contributed by atoms with Crippen LogP contribution in [-0.2, 0) is 39.6 Å². The number of benzene rings is 2. The first-order valence-electron chi connectivity index (χ1n) is 31.0. The van der Waals surface area contributed by atoms with Crippen molar-refractivity contribution in [3.05, 3.63) is 133 Å². The Morgan fingerprint density at radius 2 is 1.00 bits per heavy atom. The third-order valence-corrected chi connectivity index (χ3v) is 20.3. The molecular formula is C62H84N20O6Si2. The number of nitrogens with zero attached hydrogens (tertiary/aromatic N) is 17. The van der Waals surface area contributed by atoms with Crippen LogP contribution < -0.4 is 10.6 Å². The van der Waals surface area contributed by atoms with E-state index >= 15 is 0 Å². The fourth-order valence-electron chi connectivity index (χ4n) is 11.6. The lowest BCUT2D eigenvalue weighted by Gasteiger charge is -2.37. The van der Waals surface area contributed by atoms with Gasteiger partial charge >= 0.3 is 0 Å². The number of methoxy groups -OCH3 is 2. The molecule has 28 heteroatoms. The van der Waals surface area contributed by atoms with E-state index in [0.717, 1.165) is 120 Å². The molecule has 10 aromatic rings. The Hall–Kier alpha value is -7.97. The Morgan fingerprint density at radius 1 is 0.556 bits per heavy atom. The summed E-state index contributed by atoms with van der Waals surface area (Å²) in [5.74, 6) is 2.99. The van der Waals surface area contributed by atoms with Crippen molar-refractivity contribution in [3.63, 3.8) is 0 Å². The molecule has 0 amide bonds. The normalized spacial score (nSPS) is 18.9. The van der Waals surface area contributed by atoms with E-state index in [4.69, 9.17) is 54.3 Å². The highest BCUT2D eigenvalue weighted by Crippen LogP contribution is 2.47. The number of hydrogen-bond acceptors (Lipinski definition) is 20. The van der Waals surface area contributed by atoms with E-state index in [0.29, 0.717) is 76.2 Å². The monoisotopic (exact) mass is 1260 g/mol. The maximum absolute atomic E-state index is 6.44. The van der Waals surface area contributed by atoms with Crippen LogP contribution in [0, 0.1) is 0 Å². The number of fused-ring (bicyclic) bond motifs is 2. The predicted octanol–water partition coefficient (Wildman–Crippen LogP) is 9.64. The molecule has 8 aromatic heterocycles. The molecule has 0 aliphatic heterocycles. The van der Waals surface area contributed by atoms with Gasteiger partial charge in [-0.05, 0) is 87.7 Å². The highest BCUT2D eigenvalue weighted by Gasteiger charge is 2.44. The van der Waals surface area contributed by atoms with Gasteiger partial charge in [0.2, 0.25) is 11.6 Å². The smallest absolute Gasteiger partial charge is 0.206 e. The van der Waals surface area contributed by atoms with Crippen LogP contribution in [0.3, 0.4) is 0 Å². The molecule has 2 fully saturated rings. The van der Waals surface area contributed by atoms with Crippen molar-refractivity contribution in [1.29, 1.82) is 0 Å². The second kappa shape index (κ2) is 28.5. The minimum absolute atomic E-state index is 0.169. The second-order valence-corrected chi connectivity index (χ2v) is 36.9. The maximum atomic E-state index is 6.44. The predicted molar refractivity (Wildman–Crippen MR) is 346 cm³/mol. The molecule has 2 saturated carbocycles. The van der Waals surface area contributed by atoms with Gasteiger partial charge in [0.1, 0.15) is 36.3 Å². The molecule has 0 unspecified atom stereocenters. The molecule has 0 bridgehead atoms. The number of para-hydroxylation sites is 2. The Balaban J connectivity index is 0.000000197. The molecule has 0 saturated heterocycles. The number of aromatic nitrogens is 18. The van der Waals surface area contributed by atoms with E-state index in [1.807, 2.05) is 112 Å². The van der Waals surface area contributed by atoms with Gasteiger partial charge in [0.15, 0.2) is 11.3 Å². The quantitative estimate of drug-likeness (QED) is 0.0245. The molecular weight excluding hydrogens is 1180 g/mol. The molecule has 0 radical (unpaired) electrons. The van der Waals surface area contributed by atoms with Gasteiger partial charge in [-0.15, -0.1) is 20.4 Å². The summed E-state index contributed by atoms with van der Waals surface area (Å²) in [5, 5.41) is 48.6. The van der Waals surface area contributed by atoms with Gasteiger partial charge in [0.25, 0.3) is 0 Å². The first-order valence-corrected chi connectivity index (χ1v) is 38.4. The molecule has 2 aliphatic carbocycles. The minimum atomic E-state index is -1.27. The number of anilines is 2. The van der Waals surface area contributed by atoms with Gasteiger partial charge < -0.3 is 39.1 Å².